The van der Waals surface area contributed by atoms with Gasteiger partial charge >= 0.3 is 6.03 Å². The Morgan fingerprint density at radius 3 is 2.64 bits per heavy atom. The monoisotopic (exact) mass is 309 g/mol. The summed E-state index contributed by atoms with van der Waals surface area (Å²) in [6.07, 6.45) is 2.29. The third-order valence-electron chi connectivity index (χ3n) is 3.32. The molecule has 2 amide bonds. The Labute approximate surface area is 125 Å². The SMILES string of the molecule is CC(c1cc(F)ccc1F)N(C)C(=O)Nc1ccncc1F. The number of nitrogens with one attached hydrogen (secondary N) is 1. The van der Waals surface area contributed by atoms with E-state index in [2.05, 4.69) is 10.3 Å². The molecule has 7 heteroatoms. The van der Waals surface area contributed by atoms with Crippen molar-refractivity contribution in [1.82, 2.24) is 9.88 Å². The maximum Gasteiger partial charge on any atom is 0.322 e. The summed E-state index contributed by atoms with van der Waals surface area (Å²) in [5, 5.41) is 2.35. The van der Waals surface area contributed by atoms with E-state index in [-0.39, 0.29) is 11.3 Å². The van der Waals surface area contributed by atoms with E-state index < -0.39 is 29.5 Å². The number of hydrogen-bond donors (Lipinski definition) is 1. The minimum absolute atomic E-state index is 0.0350. The fraction of sp³-hybridized carbons (Fsp3) is 0.200. The smallest absolute Gasteiger partial charge is 0.321 e. The number of anilines is 1. The Kier molecular flexibility index (Phi) is 4.65. The van der Waals surface area contributed by atoms with Gasteiger partial charge in [-0.25, -0.2) is 18.0 Å². The Balaban J connectivity index is 2.16. The minimum Gasteiger partial charge on any atom is -0.321 e. The van der Waals surface area contributed by atoms with Gasteiger partial charge in [0, 0.05) is 18.8 Å². The van der Waals surface area contributed by atoms with Gasteiger partial charge in [0.1, 0.15) is 11.6 Å². The first kappa shape index (κ1) is 15.8. The lowest BCUT2D eigenvalue weighted by Crippen LogP contribution is -2.34. The Morgan fingerprint density at radius 2 is 1.95 bits per heavy atom. The van der Waals surface area contributed by atoms with Crippen LogP contribution in [0.1, 0.15) is 18.5 Å². The second-order valence-electron chi connectivity index (χ2n) is 4.74. The summed E-state index contributed by atoms with van der Waals surface area (Å²) in [6, 6.07) is 2.93. The van der Waals surface area contributed by atoms with Crippen LogP contribution in [0.3, 0.4) is 0 Å². The molecule has 1 N–H and O–H groups in total. The van der Waals surface area contributed by atoms with Crippen molar-refractivity contribution in [2.75, 3.05) is 12.4 Å². The first-order valence-corrected chi connectivity index (χ1v) is 6.48. The first-order chi connectivity index (χ1) is 10.4. The third-order valence-corrected chi connectivity index (χ3v) is 3.32. The van der Waals surface area contributed by atoms with Gasteiger partial charge in [-0.2, -0.15) is 0 Å². The molecule has 0 aliphatic heterocycles. The highest BCUT2D eigenvalue weighted by atomic mass is 19.1. The third kappa shape index (κ3) is 3.36. The number of carbonyl (C=O) groups is 1. The van der Waals surface area contributed by atoms with Crippen LogP contribution in [0.2, 0.25) is 0 Å². The first-order valence-electron chi connectivity index (χ1n) is 6.48. The zero-order chi connectivity index (χ0) is 16.3. The van der Waals surface area contributed by atoms with E-state index in [4.69, 9.17) is 0 Å². The molecule has 0 bridgehead atoms. The molecule has 1 aromatic carbocycles. The lowest BCUT2D eigenvalue weighted by atomic mass is 10.1. The predicted molar refractivity (Wildman–Crippen MR) is 75.7 cm³/mol. The molecule has 0 saturated carbocycles. The number of aromatic nitrogens is 1. The molecule has 2 aromatic rings. The number of urea groups is 1. The molecule has 2 rings (SSSR count). The van der Waals surface area contributed by atoms with E-state index in [1.54, 1.807) is 6.92 Å². The van der Waals surface area contributed by atoms with Crippen LogP contribution in [0.15, 0.2) is 36.7 Å². The quantitative estimate of drug-likeness (QED) is 0.939. The van der Waals surface area contributed by atoms with E-state index >= 15 is 0 Å². The predicted octanol–water partition coefficient (Wildman–Crippen LogP) is 3.72. The lowest BCUT2D eigenvalue weighted by Gasteiger charge is -2.26. The van der Waals surface area contributed by atoms with E-state index in [1.807, 2.05) is 0 Å². The molecule has 0 spiro atoms. The summed E-state index contributed by atoms with van der Waals surface area (Å²) in [6.45, 7) is 1.54. The zero-order valence-electron chi connectivity index (χ0n) is 12.0. The average Bonchev–Trinajstić information content (AvgIpc) is 2.50. The number of carbonyl (C=O) groups excluding carboxylic acids is 1. The van der Waals surface area contributed by atoms with Crippen molar-refractivity contribution < 1.29 is 18.0 Å². The molecular weight excluding hydrogens is 295 g/mol. The fourth-order valence-electron chi connectivity index (χ4n) is 1.90. The summed E-state index contributed by atoms with van der Waals surface area (Å²) in [7, 11) is 1.41. The van der Waals surface area contributed by atoms with Crippen LogP contribution in [0.5, 0.6) is 0 Å². The van der Waals surface area contributed by atoms with Crippen molar-refractivity contribution in [1.29, 1.82) is 0 Å². The molecule has 1 aromatic heterocycles. The van der Waals surface area contributed by atoms with Gasteiger partial charge in [-0.15, -0.1) is 0 Å². The summed E-state index contributed by atoms with van der Waals surface area (Å²) >= 11 is 0. The van der Waals surface area contributed by atoms with Crippen molar-refractivity contribution in [3.05, 3.63) is 59.7 Å². The van der Waals surface area contributed by atoms with Gasteiger partial charge in [0.05, 0.1) is 17.9 Å². The highest BCUT2D eigenvalue weighted by Crippen LogP contribution is 2.23. The van der Waals surface area contributed by atoms with Crippen molar-refractivity contribution in [3.63, 3.8) is 0 Å². The molecule has 0 radical (unpaired) electrons. The van der Waals surface area contributed by atoms with Gasteiger partial charge in [0.25, 0.3) is 0 Å². The summed E-state index contributed by atoms with van der Waals surface area (Å²) < 4.78 is 40.4. The molecule has 0 fully saturated rings. The second kappa shape index (κ2) is 6.46. The second-order valence-corrected chi connectivity index (χ2v) is 4.74. The van der Waals surface area contributed by atoms with Gasteiger partial charge in [0.15, 0.2) is 5.82 Å². The van der Waals surface area contributed by atoms with Gasteiger partial charge < -0.3 is 10.2 Å². The molecule has 0 saturated heterocycles. The standard InChI is InChI=1S/C15H14F3N3O/c1-9(11-7-10(16)3-4-12(11)17)21(2)15(22)20-14-5-6-19-8-13(14)18/h3-9H,1-2H3,(H,19,20,22). The highest BCUT2D eigenvalue weighted by molar-refractivity contribution is 5.89. The Bertz CT molecular complexity index is 693. The van der Waals surface area contributed by atoms with E-state index in [0.29, 0.717) is 0 Å². The molecular formula is C15H14F3N3O. The molecule has 116 valence electrons. The summed E-state index contributed by atoms with van der Waals surface area (Å²) in [5.41, 5.74) is -0.00776. The van der Waals surface area contributed by atoms with Gasteiger partial charge in [-0.1, -0.05) is 0 Å². The molecule has 0 aliphatic rings. The topological polar surface area (TPSA) is 45.2 Å². The largest absolute Gasteiger partial charge is 0.322 e. The Hall–Kier alpha value is -2.57. The number of nitrogens with zero attached hydrogens (tertiary/aromatic N) is 2. The van der Waals surface area contributed by atoms with Crippen LogP contribution in [-0.2, 0) is 0 Å². The van der Waals surface area contributed by atoms with Crippen LogP contribution >= 0.6 is 0 Å². The molecule has 1 unspecified atom stereocenters. The molecule has 1 atom stereocenters. The van der Waals surface area contributed by atoms with Crippen molar-refractivity contribution in [2.45, 2.75) is 13.0 Å². The number of pyridine rings is 1. The normalized spacial score (nSPS) is 11.9. The number of amides is 2. The van der Waals surface area contributed by atoms with E-state index in [0.717, 1.165) is 29.3 Å². The summed E-state index contributed by atoms with van der Waals surface area (Å²) in [4.78, 5) is 16.8. The van der Waals surface area contributed by atoms with E-state index in [1.165, 1.54) is 19.3 Å². The Morgan fingerprint density at radius 1 is 1.23 bits per heavy atom. The van der Waals surface area contributed by atoms with Crippen LogP contribution in [-0.4, -0.2) is 23.0 Å². The zero-order valence-corrected chi connectivity index (χ0v) is 12.0. The number of benzene rings is 1. The molecule has 4 nitrogen and oxygen atoms in total. The lowest BCUT2D eigenvalue weighted by molar-refractivity contribution is 0.207. The van der Waals surface area contributed by atoms with Crippen LogP contribution in [0.4, 0.5) is 23.7 Å². The van der Waals surface area contributed by atoms with E-state index in [9.17, 15) is 18.0 Å². The maximum absolute atomic E-state index is 13.7. The maximum atomic E-state index is 13.7. The van der Waals surface area contributed by atoms with Gasteiger partial charge in [0.2, 0.25) is 0 Å². The van der Waals surface area contributed by atoms with Crippen molar-refractivity contribution in [3.8, 4) is 0 Å². The molecule has 0 aliphatic carbocycles. The van der Waals surface area contributed by atoms with Gasteiger partial charge in [-0.3, -0.25) is 4.98 Å². The van der Waals surface area contributed by atoms with Crippen LogP contribution in [0, 0.1) is 17.5 Å². The summed E-state index contributed by atoms with van der Waals surface area (Å²) in [5.74, 6) is -1.91. The van der Waals surface area contributed by atoms with Crippen LogP contribution in [0.25, 0.3) is 0 Å². The van der Waals surface area contributed by atoms with Crippen molar-refractivity contribution >= 4 is 11.7 Å². The average molecular weight is 309 g/mol. The molecule has 22 heavy (non-hydrogen) atoms. The number of rotatable bonds is 3. The number of halogens is 3. The minimum atomic E-state index is -0.736. The van der Waals surface area contributed by atoms with Crippen molar-refractivity contribution in [2.24, 2.45) is 0 Å². The van der Waals surface area contributed by atoms with Gasteiger partial charge in [-0.05, 0) is 31.2 Å². The van der Waals surface area contributed by atoms with Crippen LogP contribution < -0.4 is 5.32 Å². The molecule has 1 heterocycles. The fourth-order valence-corrected chi connectivity index (χ4v) is 1.90. The number of hydrogen-bond acceptors (Lipinski definition) is 2. The highest BCUT2D eigenvalue weighted by Gasteiger charge is 2.21.